The number of aromatic nitrogens is 2. The van der Waals surface area contributed by atoms with Crippen molar-refractivity contribution in [2.45, 2.75) is 40.0 Å². The molecule has 0 aliphatic rings. The average Bonchev–Trinajstić information content (AvgIpc) is 2.95. The molecule has 1 N–H and O–H groups in total. The fourth-order valence-corrected chi connectivity index (χ4v) is 3.14. The van der Waals surface area contributed by atoms with E-state index in [0.717, 1.165) is 22.6 Å². The molecule has 1 amide bonds. The summed E-state index contributed by atoms with van der Waals surface area (Å²) in [6, 6.07) is 15.9. The third-order valence-electron chi connectivity index (χ3n) is 4.73. The van der Waals surface area contributed by atoms with E-state index >= 15 is 0 Å². The van der Waals surface area contributed by atoms with E-state index in [0.29, 0.717) is 5.69 Å². The monoisotopic (exact) mass is 374 g/mol. The highest BCUT2D eigenvalue weighted by molar-refractivity contribution is 5.93. The molecule has 0 aliphatic heterocycles. The number of carbonyl (C=O) groups is 1. The second-order valence-electron chi connectivity index (χ2n) is 7.87. The third kappa shape index (κ3) is 4.19. The fraction of sp³-hybridized carbons (Fsp3) is 0.261. The van der Waals surface area contributed by atoms with Crippen LogP contribution in [0.2, 0.25) is 0 Å². The van der Waals surface area contributed by atoms with Gasteiger partial charge in [-0.1, -0.05) is 39.0 Å². The summed E-state index contributed by atoms with van der Waals surface area (Å²) in [4.78, 5) is 16.0. The van der Waals surface area contributed by atoms with E-state index < -0.39 is 0 Å². The quantitative estimate of drug-likeness (QED) is 0.538. The largest absolute Gasteiger partial charge is 0.318 e. The lowest BCUT2D eigenvalue weighted by molar-refractivity contribution is 0.0950. The lowest BCUT2D eigenvalue weighted by Crippen LogP contribution is -2.18. The van der Waals surface area contributed by atoms with Crippen molar-refractivity contribution in [3.05, 3.63) is 82.9 Å². The Balaban J connectivity index is 1.79. The number of nitrogens with zero attached hydrogens (tertiary/aromatic N) is 3. The van der Waals surface area contributed by atoms with Crippen molar-refractivity contribution < 1.29 is 4.79 Å². The van der Waals surface area contributed by atoms with Crippen molar-refractivity contribution in [2.75, 3.05) is 0 Å². The Kier molecular flexibility index (Phi) is 5.45. The summed E-state index contributed by atoms with van der Waals surface area (Å²) >= 11 is 0. The van der Waals surface area contributed by atoms with Gasteiger partial charge in [0.1, 0.15) is 5.69 Å². The number of carbonyl (C=O) groups excluding carboxylic acids is 1. The summed E-state index contributed by atoms with van der Waals surface area (Å²) in [5.41, 5.74) is 8.54. The highest BCUT2D eigenvalue weighted by Gasteiger charge is 2.14. The lowest BCUT2D eigenvalue weighted by atomic mass is 9.87. The summed E-state index contributed by atoms with van der Waals surface area (Å²) in [5, 5.41) is 4.10. The topological polar surface area (TPSA) is 59.3 Å². The number of amides is 1. The van der Waals surface area contributed by atoms with E-state index in [1.54, 1.807) is 30.6 Å². The molecular formula is C23H26N4O. The van der Waals surface area contributed by atoms with Crippen molar-refractivity contribution in [1.29, 1.82) is 0 Å². The number of nitrogens with one attached hydrogen (secondary N) is 1. The van der Waals surface area contributed by atoms with Crippen LogP contribution in [0.25, 0.3) is 5.69 Å². The Morgan fingerprint density at radius 3 is 2.43 bits per heavy atom. The molecule has 0 spiro atoms. The molecule has 5 heteroatoms. The Morgan fingerprint density at radius 2 is 1.82 bits per heavy atom. The summed E-state index contributed by atoms with van der Waals surface area (Å²) in [6.07, 6.45) is 3.25. The van der Waals surface area contributed by atoms with Crippen molar-refractivity contribution in [2.24, 2.45) is 5.10 Å². The van der Waals surface area contributed by atoms with Crippen LogP contribution in [0.4, 0.5) is 0 Å². The van der Waals surface area contributed by atoms with Crippen molar-refractivity contribution in [3.8, 4) is 5.69 Å². The molecule has 2 aromatic heterocycles. The standard InChI is InChI=1S/C23H26N4O/c1-16-14-18(15-25-26-22(28)21-8-6-7-13-24-21)17(2)27(16)20-11-9-19(10-12-20)23(3,4)5/h6-15H,1-5H3,(H,26,28)/b25-15-. The molecular weight excluding hydrogens is 348 g/mol. The van der Waals surface area contributed by atoms with E-state index in [4.69, 9.17) is 0 Å². The van der Waals surface area contributed by atoms with E-state index in [2.05, 4.69) is 78.1 Å². The van der Waals surface area contributed by atoms with E-state index in [1.165, 1.54) is 5.56 Å². The Hall–Kier alpha value is -3.21. The summed E-state index contributed by atoms with van der Waals surface area (Å²) < 4.78 is 2.19. The summed E-state index contributed by atoms with van der Waals surface area (Å²) in [6.45, 7) is 10.7. The first-order valence-electron chi connectivity index (χ1n) is 9.31. The van der Waals surface area contributed by atoms with Crippen LogP contribution < -0.4 is 5.43 Å². The zero-order valence-corrected chi connectivity index (χ0v) is 17.0. The number of rotatable bonds is 4. The van der Waals surface area contributed by atoms with Gasteiger partial charge in [0.2, 0.25) is 0 Å². The molecule has 0 unspecified atom stereocenters. The number of hydrogen-bond donors (Lipinski definition) is 1. The van der Waals surface area contributed by atoms with Crippen LogP contribution >= 0.6 is 0 Å². The van der Waals surface area contributed by atoms with Gasteiger partial charge in [-0.05, 0) is 55.2 Å². The smallest absolute Gasteiger partial charge is 0.289 e. The predicted molar refractivity (Wildman–Crippen MR) is 113 cm³/mol. The van der Waals surface area contributed by atoms with Crippen LogP contribution in [0.15, 0.2) is 59.8 Å². The minimum absolute atomic E-state index is 0.128. The van der Waals surface area contributed by atoms with Crippen LogP contribution in [-0.4, -0.2) is 21.7 Å². The SMILES string of the molecule is Cc1cc(/C=N\NC(=O)c2ccccn2)c(C)n1-c1ccc(C(C)(C)C)cc1. The molecule has 28 heavy (non-hydrogen) atoms. The van der Waals surface area contributed by atoms with Crippen molar-refractivity contribution in [1.82, 2.24) is 15.0 Å². The zero-order chi connectivity index (χ0) is 20.3. The molecule has 3 rings (SSSR count). The van der Waals surface area contributed by atoms with Gasteiger partial charge in [0.05, 0.1) is 6.21 Å². The molecule has 0 saturated heterocycles. The third-order valence-corrected chi connectivity index (χ3v) is 4.73. The molecule has 5 nitrogen and oxygen atoms in total. The minimum atomic E-state index is -0.330. The van der Waals surface area contributed by atoms with Gasteiger partial charge < -0.3 is 4.57 Å². The molecule has 0 radical (unpaired) electrons. The van der Waals surface area contributed by atoms with Crippen LogP contribution in [0.1, 0.15) is 53.8 Å². The number of benzene rings is 1. The van der Waals surface area contributed by atoms with Crippen molar-refractivity contribution >= 4 is 12.1 Å². The van der Waals surface area contributed by atoms with Gasteiger partial charge in [0.15, 0.2) is 0 Å². The maximum Gasteiger partial charge on any atom is 0.289 e. The molecule has 1 aromatic carbocycles. The van der Waals surface area contributed by atoms with Gasteiger partial charge in [0.25, 0.3) is 5.91 Å². The summed E-state index contributed by atoms with van der Waals surface area (Å²) in [7, 11) is 0. The minimum Gasteiger partial charge on any atom is -0.318 e. The summed E-state index contributed by atoms with van der Waals surface area (Å²) in [5.74, 6) is -0.330. The lowest BCUT2D eigenvalue weighted by Gasteiger charge is -2.20. The maximum absolute atomic E-state index is 12.0. The van der Waals surface area contributed by atoms with Crippen LogP contribution in [-0.2, 0) is 5.41 Å². The van der Waals surface area contributed by atoms with Gasteiger partial charge in [-0.25, -0.2) is 5.43 Å². The van der Waals surface area contributed by atoms with Gasteiger partial charge in [-0.2, -0.15) is 5.10 Å². The number of pyridine rings is 1. The normalized spacial score (nSPS) is 11.8. The number of aryl methyl sites for hydroxylation is 1. The van der Waals surface area contributed by atoms with Gasteiger partial charge in [-0.15, -0.1) is 0 Å². The van der Waals surface area contributed by atoms with Gasteiger partial charge in [0, 0.05) is 28.8 Å². The van der Waals surface area contributed by atoms with Crippen LogP contribution in [0.5, 0.6) is 0 Å². The number of hydrogen-bond acceptors (Lipinski definition) is 3. The second kappa shape index (κ2) is 7.80. The van der Waals surface area contributed by atoms with E-state index in [-0.39, 0.29) is 11.3 Å². The second-order valence-corrected chi connectivity index (χ2v) is 7.87. The van der Waals surface area contributed by atoms with Gasteiger partial charge >= 0.3 is 0 Å². The highest BCUT2D eigenvalue weighted by atomic mass is 16.2. The van der Waals surface area contributed by atoms with E-state index in [9.17, 15) is 4.79 Å². The molecule has 0 atom stereocenters. The predicted octanol–water partition coefficient (Wildman–Crippen LogP) is 4.55. The van der Waals surface area contributed by atoms with Crippen LogP contribution in [0.3, 0.4) is 0 Å². The molecule has 3 aromatic rings. The first-order chi connectivity index (χ1) is 13.3. The molecule has 144 valence electrons. The van der Waals surface area contributed by atoms with Crippen molar-refractivity contribution in [3.63, 3.8) is 0 Å². The first kappa shape index (κ1) is 19.5. The van der Waals surface area contributed by atoms with Crippen LogP contribution in [0, 0.1) is 13.8 Å². The maximum atomic E-state index is 12.0. The fourth-order valence-electron chi connectivity index (χ4n) is 3.14. The Morgan fingerprint density at radius 1 is 1.11 bits per heavy atom. The average molecular weight is 374 g/mol. The zero-order valence-electron chi connectivity index (χ0n) is 17.0. The molecule has 0 bridgehead atoms. The van der Waals surface area contributed by atoms with E-state index in [1.807, 2.05) is 6.92 Å². The Labute approximate surface area is 166 Å². The molecule has 0 saturated carbocycles. The molecule has 0 fully saturated rings. The Bertz CT molecular complexity index is 994. The highest BCUT2D eigenvalue weighted by Crippen LogP contribution is 2.25. The first-order valence-corrected chi connectivity index (χ1v) is 9.31. The molecule has 2 heterocycles. The molecule has 0 aliphatic carbocycles. The van der Waals surface area contributed by atoms with Gasteiger partial charge in [-0.3, -0.25) is 9.78 Å². The number of hydrazone groups is 1.